The van der Waals surface area contributed by atoms with Crippen molar-refractivity contribution in [2.24, 2.45) is 5.92 Å². The number of amides is 1. The first kappa shape index (κ1) is 22.7. The van der Waals surface area contributed by atoms with E-state index in [0.717, 1.165) is 63.5 Å². The third-order valence-electron chi connectivity index (χ3n) is 6.11. The van der Waals surface area contributed by atoms with E-state index >= 15 is 0 Å². The quantitative estimate of drug-likeness (QED) is 0.402. The first-order chi connectivity index (χ1) is 16.6. The van der Waals surface area contributed by atoms with Gasteiger partial charge in [-0.3, -0.25) is 4.79 Å². The average Bonchev–Trinajstić information content (AvgIpc) is 3.45. The molecule has 2 aromatic heterocycles. The highest BCUT2D eigenvalue weighted by molar-refractivity contribution is 7.20. The lowest BCUT2D eigenvalue weighted by Crippen LogP contribution is -2.43. The predicted octanol–water partition coefficient (Wildman–Crippen LogP) is 4.70. The van der Waals surface area contributed by atoms with Crippen LogP contribution in [0.1, 0.15) is 18.4 Å². The normalized spacial score (nSPS) is 16.1. The molecular weight excluding hydrogens is 470 g/mol. The number of imidazole rings is 1. The Hall–Kier alpha value is -3.10. The minimum Gasteiger partial charge on any atom is -0.497 e. The van der Waals surface area contributed by atoms with E-state index in [-0.39, 0.29) is 11.8 Å². The number of aromatic nitrogens is 3. The number of hydrogen-bond acceptors (Lipinski definition) is 6. The summed E-state index contributed by atoms with van der Waals surface area (Å²) in [7, 11) is 1.66. The number of carbonyl (C=O) groups is 1. The zero-order valence-corrected chi connectivity index (χ0v) is 20.5. The van der Waals surface area contributed by atoms with Crippen LogP contribution in [-0.4, -0.2) is 47.2 Å². The summed E-state index contributed by atoms with van der Waals surface area (Å²) in [5.41, 5.74) is 3.06. The molecule has 1 atom stereocenters. The summed E-state index contributed by atoms with van der Waals surface area (Å²) in [4.78, 5) is 20.6. The number of halogens is 1. The molecule has 1 amide bonds. The van der Waals surface area contributed by atoms with Crippen molar-refractivity contribution >= 4 is 38.9 Å². The Labute approximate surface area is 207 Å². The highest BCUT2D eigenvalue weighted by Crippen LogP contribution is 2.30. The van der Waals surface area contributed by atoms with Crippen molar-refractivity contribution in [2.75, 3.05) is 31.6 Å². The van der Waals surface area contributed by atoms with Crippen molar-refractivity contribution in [3.8, 4) is 17.0 Å². The van der Waals surface area contributed by atoms with Gasteiger partial charge in [0.1, 0.15) is 5.75 Å². The molecule has 9 heteroatoms. The van der Waals surface area contributed by atoms with Crippen LogP contribution in [0.25, 0.3) is 16.2 Å². The van der Waals surface area contributed by atoms with E-state index in [1.807, 2.05) is 59.2 Å². The summed E-state index contributed by atoms with van der Waals surface area (Å²) in [5, 5.41) is 9.48. The molecule has 5 rings (SSSR count). The first-order valence-electron chi connectivity index (χ1n) is 11.4. The summed E-state index contributed by atoms with van der Waals surface area (Å²) < 4.78 is 7.06. The molecule has 0 radical (unpaired) electrons. The van der Waals surface area contributed by atoms with Crippen molar-refractivity contribution in [2.45, 2.75) is 19.3 Å². The van der Waals surface area contributed by atoms with Crippen LogP contribution >= 0.6 is 22.9 Å². The summed E-state index contributed by atoms with van der Waals surface area (Å²) in [6.45, 7) is 2.20. The lowest BCUT2D eigenvalue weighted by atomic mass is 9.97. The highest BCUT2D eigenvalue weighted by atomic mass is 35.5. The van der Waals surface area contributed by atoms with E-state index in [2.05, 4.69) is 10.2 Å². The lowest BCUT2D eigenvalue weighted by Gasteiger charge is -2.31. The minimum atomic E-state index is -0.0370. The van der Waals surface area contributed by atoms with Gasteiger partial charge in [0.25, 0.3) is 0 Å². The third-order valence-corrected chi connectivity index (χ3v) is 7.34. The number of hydrogen-bond donors (Lipinski definition) is 1. The largest absolute Gasteiger partial charge is 0.497 e. The lowest BCUT2D eigenvalue weighted by molar-refractivity contribution is -0.125. The molecule has 0 unspecified atom stereocenters. The predicted molar refractivity (Wildman–Crippen MR) is 136 cm³/mol. The van der Waals surface area contributed by atoms with Gasteiger partial charge in [0.15, 0.2) is 0 Å². The number of ether oxygens (including phenoxy) is 1. The maximum Gasteiger partial charge on any atom is 0.224 e. The number of nitrogens with one attached hydrogen (secondary N) is 1. The van der Waals surface area contributed by atoms with Crippen LogP contribution < -0.4 is 15.0 Å². The number of piperidine rings is 1. The average molecular weight is 496 g/mol. The summed E-state index contributed by atoms with van der Waals surface area (Å²) in [6, 6.07) is 15.6. The molecule has 4 aromatic rings. The Bertz CT molecular complexity index is 1240. The number of carbonyl (C=O) groups excluding carboxylic acids is 1. The van der Waals surface area contributed by atoms with Crippen LogP contribution in [0.3, 0.4) is 0 Å². The molecule has 7 nitrogen and oxygen atoms in total. The minimum absolute atomic E-state index is 0.0370. The van der Waals surface area contributed by atoms with Gasteiger partial charge >= 0.3 is 0 Å². The number of fused-ring (bicyclic) bond motifs is 1. The summed E-state index contributed by atoms with van der Waals surface area (Å²) in [6.07, 6.45) is 4.60. The van der Waals surface area contributed by atoms with Gasteiger partial charge in [-0.2, -0.15) is 0 Å². The molecular formula is C25H26ClN5O2S. The van der Waals surface area contributed by atoms with Crippen LogP contribution in [0.2, 0.25) is 5.02 Å². The van der Waals surface area contributed by atoms with Crippen molar-refractivity contribution in [1.29, 1.82) is 0 Å². The van der Waals surface area contributed by atoms with Gasteiger partial charge in [-0.15, -0.1) is 5.10 Å². The van der Waals surface area contributed by atoms with Gasteiger partial charge in [0.2, 0.25) is 16.0 Å². The molecule has 1 fully saturated rings. The Balaban J connectivity index is 1.19. The number of rotatable bonds is 7. The van der Waals surface area contributed by atoms with Crippen LogP contribution in [0.15, 0.2) is 54.7 Å². The van der Waals surface area contributed by atoms with Crippen LogP contribution in [0, 0.1) is 5.92 Å². The Morgan fingerprint density at radius 2 is 2.00 bits per heavy atom. The molecule has 2 aromatic carbocycles. The van der Waals surface area contributed by atoms with Crippen LogP contribution in [0.4, 0.5) is 5.13 Å². The standard InChI is InChI=1S/C25H26ClN5O2S/c1-33-21-10-6-18(7-11-21)22-16-31-24(28-22)34-25(29-31)30-14-2-3-19(15-30)23(32)27-13-12-17-4-8-20(26)9-5-17/h4-11,16,19H,2-3,12-15H2,1H3,(H,27,32)/t19-/m0/s1. The third kappa shape index (κ3) is 5.03. The van der Waals surface area contributed by atoms with Crippen molar-refractivity contribution in [3.63, 3.8) is 0 Å². The van der Waals surface area contributed by atoms with Gasteiger partial charge in [0, 0.05) is 30.2 Å². The second kappa shape index (κ2) is 10.0. The zero-order chi connectivity index (χ0) is 23.5. The SMILES string of the molecule is COc1ccc(-c2cn3nc(N4CCC[C@H](C(=O)NCCc5ccc(Cl)cc5)C4)sc3n2)cc1. The Kier molecular flexibility index (Phi) is 6.69. The van der Waals surface area contributed by atoms with Gasteiger partial charge in [-0.1, -0.05) is 35.1 Å². The number of methoxy groups -OCH3 is 1. The maximum atomic E-state index is 12.8. The van der Waals surface area contributed by atoms with E-state index in [1.54, 1.807) is 18.4 Å². The van der Waals surface area contributed by atoms with E-state index in [0.29, 0.717) is 13.1 Å². The van der Waals surface area contributed by atoms with Crippen molar-refractivity contribution in [1.82, 2.24) is 19.9 Å². The second-order valence-corrected chi connectivity index (χ2v) is 9.79. The van der Waals surface area contributed by atoms with Gasteiger partial charge in [-0.05, 0) is 61.2 Å². The second-order valence-electron chi connectivity index (χ2n) is 8.42. The smallest absolute Gasteiger partial charge is 0.224 e. The van der Waals surface area contributed by atoms with E-state index in [1.165, 1.54) is 0 Å². The fourth-order valence-electron chi connectivity index (χ4n) is 4.21. The molecule has 176 valence electrons. The Morgan fingerprint density at radius 1 is 1.21 bits per heavy atom. The summed E-state index contributed by atoms with van der Waals surface area (Å²) in [5.74, 6) is 0.894. The molecule has 1 saturated heterocycles. The van der Waals surface area contributed by atoms with Gasteiger partial charge < -0.3 is 15.0 Å². The van der Waals surface area contributed by atoms with E-state index in [9.17, 15) is 4.79 Å². The maximum absolute atomic E-state index is 12.8. The molecule has 0 spiro atoms. The molecule has 1 N–H and O–H groups in total. The molecule has 3 heterocycles. The first-order valence-corrected chi connectivity index (χ1v) is 12.6. The summed E-state index contributed by atoms with van der Waals surface area (Å²) >= 11 is 7.49. The molecule has 0 aliphatic carbocycles. The van der Waals surface area contributed by atoms with Crippen molar-refractivity contribution in [3.05, 3.63) is 65.3 Å². The topological polar surface area (TPSA) is 71.8 Å². The van der Waals surface area contributed by atoms with E-state index in [4.69, 9.17) is 26.4 Å². The monoisotopic (exact) mass is 495 g/mol. The van der Waals surface area contributed by atoms with Crippen molar-refractivity contribution < 1.29 is 9.53 Å². The fourth-order valence-corrected chi connectivity index (χ4v) is 5.25. The number of benzene rings is 2. The highest BCUT2D eigenvalue weighted by Gasteiger charge is 2.27. The molecule has 34 heavy (non-hydrogen) atoms. The number of nitrogens with zero attached hydrogens (tertiary/aromatic N) is 4. The Morgan fingerprint density at radius 3 is 2.74 bits per heavy atom. The zero-order valence-electron chi connectivity index (χ0n) is 18.9. The molecule has 1 aliphatic rings. The number of anilines is 1. The van der Waals surface area contributed by atoms with Crippen LogP contribution in [-0.2, 0) is 11.2 Å². The molecule has 0 saturated carbocycles. The van der Waals surface area contributed by atoms with Crippen LogP contribution in [0.5, 0.6) is 5.75 Å². The van der Waals surface area contributed by atoms with Gasteiger partial charge in [0.05, 0.1) is 24.9 Å². The molecule has 1 aliphatic heterocycles. The van der Waals surface area contributed by atoms with E-state index < -0.39 is 0 Å². The molecule has 0 bridgehead atoms. The fraction of sp³-hybridized carbons (Fsp3) is 0.320. The van der Waals surface area contributed by atoms with Gasteiger partial charge in [-0.25, -0.2) is 9.50 Å².